The molecular formula is C30H39N3O7SSi. The van der Waals surface area contributed by atoms with Crippen molar-refractivity contribution in [1.29, 1.82) is 0 Å². The van der Waals surface area contributed by atoms with Gasteiger partial charge >= 0.3 is 5.69 Å². The van der Waals surface area contributed by atoms with Gasteiger partial charge in [0.05, 0.1) is 28.2 Å². The molecule has 226 valence electrons. The van der Waals surface area contributed by atoms with Crippen LogP contribution in [0.4, 0.5) is 5.69 Å². The highest BCUT2D eigenvalue weighted by molar-refractivity contribution is 7.92. The fraction of sp³-hybridized carbons (Fsp3) is 0.367. The zero-order valence-corrected chi connectivity index (χ0v) is 26.8. The van der Waals surface area contributed by atoms with Crippen LogP contribution in [0.15, 0.2) is 70.4 Å². The number of aromatic nitrogens is 2. The molecule has 0 saturated carbocycles. The van der Waals surface area contributed by atoms with Crippen molar-refractivity contribution in [2.24, 2.45) is 14.1 Å². The van der Waals surface area contributed by atoms with E-state index in [1.165, 1.54) is 33.4 Å². The Hall–Kier alpha value is -3.74. The van der Waals surface area contributed by atoms with Crippen LogP contribution in [0.5, 0.6) is 23.0 Å². The van der Waals surface area contributed by atoms with Crippen LogP contribution < -0.4 is 19.5 Å². The van der Waals surface area contributed by atoms with Gasteiger partial charge in [0.15, 0.2) is 5.75 Å². The summed E-state index contributed by atoms with van der Waals surface area (Å²) >= 11 is 0. The maximum absolute atomic E-state index is 14.1. The van der Waals surface area contributed by atoms with E-state index in [0.29, 0.717) is 35.7 Å². The molecule has 0 saturated heterocycles. The Morgan fingerprint density at radius 2 is 1.55 bits per heavy atom. The van der Waals surface area contributed by atoms with Crippen LogP contribution in [-0.4, -0.2) is 50.7 Å². The van der Waals surface area contributed by atoms with E-state index in [9.17, 15) is 18.3 Å². The number of imidazole rings is 1. The maximum atomic E-state index is 14.1. The van der Waals surface area contributed by atoms with E-state index in [0.717, 1.165) is 16.8 Å². The van der Waals surface area contributed by atoms with E-state index in [2.05, 4.69) is 19.6 Å². The number of hydrogen-bond donors (Lipinski definition) is 1. The Bertz CT molecular complexity index is 1710. The molecule has 4 rings (SSSR count). The monoisotopic (exact) mass is 613 g/mol. The third-order valence-corrected chi connectivity index (χ3v) is 10.2. The molecule has 4 aromatic rings. The first-order valence-corrected chi connectivity index (χ1v) is 19.0. The molecule has 1 aromatic heterocycles. The minimum absolute atomic E-state index is 0.0305. The molecule has 42 heavy (non-hydrogen) atoms. The lowest BCUT2D eigenvalue weighted by molar-refractivity contribution is 0.156. The average molecular weight is 614 g/mol. The SMILES string of the molecule is CCCOc1cccc(Oc2cc3c(cc2N(COCC[Si](C)(C)C)S(=O)(=O)c2ccc(O)cc2)n(C)c(=O)n3C)c1. The van der Waals surface area contributed by atoms with Gasteiger partial charge < -0.3 is 19.3 Å². The predicted octanol–water partition coefficient (Wildman–Crippen LogP) is 5.67. The quantitative estimate of drug-likeness (QED) is 0.117. The number of aromatic hydroxyl groups is 1. The molecule has 0 radical (unpaired) electrons. The molecule has 1 N–H and O–H groups in total. The highest BCUT2D eigenvalue weighted by Gasteiger charge is 2.30. The lowest BCUT2D eigenvalue weighted by Crippen LogP contribution is -2.34. The first-order valence-electron chi connectivity index (χ1n) is 13.8. The molecule has 0 spiro atoms. The van der Waals surface area contributed by atoms with Gasteiger partial charge in [0.25, 0.3) is 10.0 Å². The summed E-state index contributed by atoms with van der Waals surface area (Å²) in [7, 11) is -2.36. The molecule has 3 aromatic carbocycles. The number of sulfonamides is 1. The van der Waals surface area contributed by atoms with Gasteiger partial charge in [0, 0.05) is 40.9 Å². The van der Waals surface area contributed by atoms with Crippen LogP contribution >= 0.6 is 0 Å². The summed E-state index contributed by atoms with van der Waals surface area (Å²) in [4.78, 5) is 12.8. The molecule has 0 unspecified atom stereocenters. The van der Waals surface area contributed by atoms with Crippen LogP contribution in [0, 0.1) is 0 Å². The second-order valence-corrected chi connectivity index (χ2v) is 18.8. The first kappa shape index (κ1) is 31.2. The van der Waals surface area contributed by atoms with Crippen molar-refractivity contribution in [3.05, 3.63) is 71.1 Å². The van der Waals surface area contributed by atoms with Crippen molar-refractivity contribution in [3.8, 4) is 23.0 Å². The van der Waals surface area contributed by atoms with Gasteiger partial charge in [0.2, 0.25) is 0 Å². The summed E-state index contributed by atoms with van der Waals surface area (Å²) in [5, 5.41) is 9.80. The molecule has 10 nitrogen and oxygen atoms in total. The van der Waals surface area contributed by atoms with E-state index in [1.54, 1.807) is 44.4 Å². The number of ether oxygens (including phenoxy) is 3. The fourth-order valence-electron chi connectivity index (χ4n) is 4.31. The summed E-state index contributed by atoms with van der Waals surface area (Å²) in [6.07, 6.45) is 0.843. The van der Waals surface area contributed by atoms with Crippen LogP contribution in [0.3, 0.4) is 0 Å². The number of nitrogens with zero attached hydrogens (tertiary/aromatic N) is 3. The standard InChI is InChI=1S/C30H39N3O7SSi/c1-7-15-39-23-9-8-10-24(18-23)40-29-20-27-26(31(2)30(35)32(27)3)19-28(29)33(21-38-16-17-42(4,5)6)41(36,37)25-13-11-22(34)12-14-25/h8-14,18-20,34H,7,15-17,21H2,1-6H3. The molecule has 0 amide bonds. The summed E-state index contributed by atoms with van der Waals surface area (Å²) in [5.74, 6) is 1.22. The smallest absolute Gasteiger partial charge is 0.328 e. The number of phenols is 1. The summed E-state index contributed by atoms with van der Waals surface area (Å²) in [5.41, 5.74) is 1.03. The molecule has 0 fully saturated rings. The van der Waals surface area contributed by atoms with Crippen LogP contribution in [0.25, 0.3) is 11.0 Å². The Morgan fingerprint density at radius 1 is 0.905 bits per heavy atom. The number of benzene rings is 3. The number of rotatable bonds is 13. The second kappa shape index (κ2) is 12.6. The average Bonchev–Trinajstić information content (AvgIpc) is 3.14. The van der Waals surface area contributed by atoms with Gasteiger partial charge in [-0.1, -0.05) is 32.6 Å². The van der Waals surface area contributed by atoms with E-state index in [-0.39, 0.29) is 34.5 Å². The first-order chi connectivity index (χ1) is 19.8. The van der Waals surface area contributed by atoms with Crippen molar-refractivity contribution in [2.45, 2.75) is 43.9 Å². The second-order valence-electron chi connectivity index (χ2n) is 11.3. The maximum Gasteiger partial charge on any atom is 0.328 e. The van der Waals surface area contributed by atoms with E-state index in [1.807, 2.05) is 13.0 Å². The summed E-state index contributed by atoms with van der Waals surface area (Å²) < 4.78 is 50.4. The molecule has 12 heteroatoms. The van der Waals surface area contributed by atoms with Crippen molar-refractivity contribution in [2.75, 3.05) is 24.2 Å². The zero-order valence-electron chi connectivity index (χ0n) is 25.0. The Balaban J connectivity index is 1.87. The van der Waals surface area contributed by atoms with Crippen LogP contribution in [0.1, 0.15) is 13.3 Å². The number of phenolic OH excluding ortho intramolecular Hbond substituents is 1. The Morgan fingerprint density at radius 3 is 2.19 bits per heavy atom. The van der Waals surface area contributed by atoms with E-state index < -0.39 is 18.1 Å². The van der Waals surface area contributed by atoms with Gasteiger partial charge in [0.1, 0.15) is 24.0 Å². The minimum Gasteiger partial charge on any atom is -0.508 e. The molecule has 0 bridgehead atoms. The third kappa shape index (κ3) is 7.00. The third-order valence-electron chi connectivity index (χ3n) is 6.76. The van der Waals surface area contributed by atoms with Crippen molar-refractivity contribution in [1.82, 2.24) is 9.13 Å². The highest BCUT2D eigenvalue weighted by Crippen LogP contribution is 2.39. The molecule has 0 atom stereocenters. The number of anilines is 1. The highest BCUT2D eigenvalue weighted by atomic mass is 32.2. The van der Waals surface area contributed by atoms with Gasteiger partial charge in [-0.15, -0.1) is 0 Å². The Labute approximate surface area is 247 Å². The topological polar surface area (TPSA) is 112 Å². The summed E-state index contributed by atoms with van der Waals surface area (Å²) in [6.45, 7) is 9.31. The van der Waals surface area contributed by atoms with Crippen LogP contribution in [0.2, 0.25) is 25.7 Å². The van der Waals surface area contributed by atoms with Crippen molar-refractivity contribution >= 4 is 34.8 Å². The summed E-state index contributed by atoms with van der Waals surface area (Å²) in [6, 6.07) is 16.6. The molecular weight excluding hydrogens is 574 g/mol. The molecule has 0 aliphatic carbocycles. The van der Waals surface area contributed by atoms with Gasteiger partial charge in [-0.3, -0.25) is 9.13 Å². The van der Waals surface area contributed by atoms with Crippen LogP contribution in [-0.2, 0) is 28.9 Å². The van der Waals surface area contributed by atoms with Crippen molar-refractivity contribution < 1.29 is 27.7 Å². The lowest BCUT2D eigenvalue weighted by atomic mass is 10.2. The number of fused-ring (bicyclic) bond motifs is 1. The lowest BCUT2D eigenvalue weighted by Gasteiger charge is -2.27. The Kier molecular flexibility index (Phi) is 9.39. The van der Waals surface area contributed by atoms with Gasteiger partial charge in [-0.2, -0.15) is 0 Å². The molecule has 0 aliphatic rings. The largest absolute Gasteiger partial charge is 0.508 e. The van der Waals surface area contributed by atoms with Crippen molar-refractivity contribution in [3.63, 3.8) is 0 Å². The normalized spacial score (nSPS) is 12.0. The fourth-order valence-corrected chi connectivity index (χ4v) is 6.41. The van der Waals surface area contributed by atoms with Gasteiger partial charge in [-0.05, 0) is 54.9 Å². The van der Waals surface area contributed by atoms with E-state index >= 15 is 0 Å². The molecule has 1 heterocycles. The zero-order chi connectivity index (χ0) is 30.7. The van der Waals surface area contributed by atoms with E-state index in [4.69, 9.17) is 14.2 Å². The molecule has 0 aliphatic heterocycles. The predicted molar refractivity (Wildman–Crippen MR) is 167 cm³/mol. The van der Waals surface area contributed by atoms with Gasteiger partial charge in [-0.25, -0.2) is 17.5 Å². The number of hydrogen-bond acceptors (Lipinski definition) is 7. The number of aryl methyl sites for hydroxylation is 2. The minimum atomic E-state index is -4.20.